The summed E-state index contributed by atoms with van der Waals surface area (Å²) in [7, 11) is -3.70. The normalized spacial score (nSPS) is 24.6. The Kier molecular flexibility index (Phi) is 4.53. The molecule has 6 nitrogen and oxygen atoms in total. The number of fused-ring (bicyclic) bond motifs is 1. The van der Waals surface area contributed by atoms with E-state index < -0.39 is 15.9 Å². The molecule has 0 spiro atoms. The van der Waals surface area contributed by atoms with E-state index in [4.69, 9.17) is 22.1 Å². The van der Waals surface area contributed by atoms with E-state index in [2.05, 4.69) is 0 Å². The zero-order valence-electron chi connectivity index (χ0n) is 12.6. The molecule has 0 aromatic heterocycles. The van der Waals surface area contributed by atoms with Crippen LogP contribution in [0.2, 0.25) is 5.02 Å². The fourth-order valence-corrected chi connectivity index (χ4v) is 5.53. The number of nitrogens with two attached hydrogens (primary N) is 1. The van der Waals surface area contributed by atoms with Gasteiger partial charge in [-0.1, -0.05) is 24.4 Å². The number of ether oxygens (including phenoxy) is 1. The molecule has 2 atom stereocenters. The summed E-state index contributed by atoms with van der Waals surface area (Å²) in [6, 6.07) is 4.41. The van der Waals surface area contributed by atoms with Gasteiger partial charge in [0.15, 0.2) is 6.61 Å². The molecule has 0 unspecified atom stereocenters. The Balaban J connectivity index is 1.90. The first-order chi connectivity index (χ1) is 10.9. The van der Waals surface area contributed by atoms with Crippen molar-refractivity contribution in [3.8, 4) is 5.75 Å². The van der Waals surface area contributed by atoms with Crippen LogP contribution in [0.25, 0.3) is 0 Å². The Bertz CT molecular complexity index is 722. The molecule has 1 aliphatic heterocycles. The number of rotatable bonds is 5. The SMILES string of the molecule is NC(=O)COc1ccc(Cl)cc1S(=O)(=O)N1C[C@H]2CCCC[C@H]21. The zero-order valence-corrected chi connectivity index (χ0v) is 14.1. The summed E-state index contributed by atoms with van der Waals surface area (Å²) in [6.07, 6.45) is 4.19. The molecule has 1 aliphatic carbocycles. The van der Waals surface area contributed by atoms with Gasteiger partial charge >= 0.3 is 0 Å². The van der Waals surface area contributed by atoms with E-state index in [-0.39, 0.29) is 23.3 Å². The molecular weight excluding hydrogens is 340 g/mol. The van der Waals surface area contributed by atoms with E-state index in [1.807, 2.05) is 0 Å². The van der Waals surface area contributed by atoms with Gasteiger partial charge in [-0.2, -0.15) is 4.31 Å². The van der Waals surface area contributed by atoms with Crippen molar-refractivity contribution in [2.24, 2.45) is 11.7 Å². The monoisotopic (exact) mass is 358 g/mol. The quantitative estimate of drug-likeness (QED) is 0.868. The van der Waals surface area contributed by atoms with Crippen molar-refractivity contribution in [2.45, 2.75) is 36.6 Å². The second kappa shape index (κ2) is 6.30. The van der Waals surface area contributed by atoms with Gasteiger partial charge in [0, 0.05) is 17.6 Å². The number of primary amides is 1. The summed E-state index contributed by atoms with van der Waals surface area (Å²) in [5.74, 6) is -0.111. The Morgan fingerprint density at radius 3 is 2.78 bits per heavy atom. The number of benzene rings is 1. The Labute approximate surface area is 140 Å². The fraction of sp³-hybridized carbons (Fsp3) is 0.533. The first-order valence-electron chi connectivity index (χ1n) is 7.62. The van der Waals surface area contributed by atoms with Crippen molar-refractivity contribution in [3.63, 3.8) is 0 Å². The minimum absolute atomic E-state index is 0.00438. The number of carbonyl (C=O) groups is 1. The van der Waals surface area contributed by atoms with Gasteiger partial charge in [-0.05, 0) is 37.0 Å². The minimum Gasteiger partial charge on any atom is -0.482 e. The summed E-state index contributed by atoms with van der Waals surface area (Å²) in [5.41, 5.74) is 5.06. The van der Waals surface area contributed by atoms with E-state index in [1.165, 1.54) is 28.9 Å². The molecule has 8 heteroatoms. The highest BCUT2D eigenvalue weighted by molar-refractivity contribution is 7.89. The number of hydrogen-bond donors (Lipinski definition) is 1. The molecule has 1 saturated carbocycles. The highest BCUT2D eigenvalue weighted by Gasteiger charge is 2.47. The average molecular weight is 359 g/mol. The van der Waals surface area contributed by atoms with Crippen molar-refractivity contribution in [1.82, 2.24) is 4.31 Å². The van der Waals surface area contributed by atoms with E-state index in [0.29, 0.717) is 17.5 Å². The van der Waals surface area contributed by atoms with Gasteiger partial charge in [0.1, 0.15) is 10.6 Å². The summed E-state index contributed by atoms with van der Waals surface area (Å²) in [5, 5.41) is 0.302. The van der Waals surface area contributed by atoms with Crippen LogP contribution >= 0.6 is 11.6 Å². The van der Waals surface area contributed by atoms with Crippen LogP contribution in [-0.4, -0.2) is 37.8 Å². The lowest BCUT2D eigenvalue weighted by molar-refractivity contribution is -0.120. The maximum absolute atomic E-state index is 13.0. The molecule has 23 heavy (non-hydrogen) atoms. The molecule has 2 aliphatic rings. The minimum atomic E-state index is -3.70. The first-order valence-corrected chi connectivity index (χ1v) is 9.44. The average Bonchev–Trinajstić information content (AvgIpc) is 2.47. The summed E-state index contributed by atoms with van der Waals surface area (Å²) in [6.45, 7) is 0.158. The summed E-state index contributed by atoms with van der Waals surface area (Å²) in [4.78, 5) is 10.9. The largest absolute Gasteiger partial charge is 0.482 e. The topological polar surface area (TPSA) is 89.7 Å². The second-order valence-corrected chi connectivity index (χ2v) is 8.33. The van der Waals surface area contributed by atoms with Crippen molar-refractivity contribution in [1.29, 1.82) is 0 Å². The van der Waals surface area contributed by atoms with Gasteiger partial charge < -0.3 is 10.5 Å². The van der Waals surface area contributed by atoms with Crippen LogP contribution in [0.5, 0.6) is 5.75 Å². The molecule has 0 radical (unpaired) electrons. The lowest BCUT2D eigenvalue weighted by atomic mass is 9.79. The lowest BCUT2D eigenvalue weighted by Gasteiger charge is -2.49. The molecule has 3 rings (SSSR count). The molecule has 2 N–H and O–H groups in total. The van der Waals surface area contributed by atoms with E-state index in [1.54, 1.807) is 0 Å². The maximum Gasteiger partial charge on any atom is 0.255 e. The third-order valence-electron chi connectivity index (χ3n) is 4.52. The second-order valence-electron chi connectivity index (χ2n) is 6.03. The summed E-state index contributed by atoms with van der Waals surface area (Å²) >= 11 is 5.96. The van der Waals surface area contributed by atoms with E-state index in [0.717, 1.165) is 19.3 Å². The van der Waals surface area contributed by atoms with Gasteiger partial charge in [0.05, 0.1) is 0 Å². The Hall–Kier alpha value is -1.31. The number of amides is 1. The molecule has 2 fully saturated rings. The third kappa shape index (κ3) is 3.18. The van der Waals surface area contributed by atoms with E-state index in [9.17, 15) is 13.2 Å². The fourth-order valence-electron chi connectivity index (χ4n) is 3.36. The molecular formula is C15H19ClN2O4S. The smallest absolute Gasteiger partial charge is 0.255 e. The van der Waals surface area contributed by atoms with Crippen LogP contribution < -0.4 is 10.5 Å². The molecule has 1 saturated heterocycles. The van der Waals surface area contributed by atoms with Crippen molar-refractivity contribution in [3.05, 3.63) is 23.2 Å². The standard InChI is InChI=1S/C15H19ClN2O4S/c16-11-5-6-13(22-9-15(17)19)14(7-11)23(20,21)18-8-10-3-1-2-4-12(10)18/h5-7,10,12H,1-4,8-9H2,(H2,17,19)/t10-,12-/m1/s1. The first kappa shape index (κ1) is 16.5. The predicted molar refractivity (Wildman–Crippen MR) is 85.8 cm³/mol. The van der Waals surface area contributed by atoms with Crippen LogP contribution in [0, 0.1) is 5.92 Å². The van der Waals surface area contributed by atoms with Crippen LogP contribution in [0.15, 0.2) is 23.1 Å². The highest BCUT2D eigenvalue weighted by Crippen LogP contribution is 2.42. The molecule has 1 aromatic carbocycles. The Morgan fingerprint density at radius 2 is 2.09 bits per heavy atom. The van der Waals surface area contributed by atoms with Crippen molar-refractivity contribution < 1.29 is 17.9 Å². The van der Waals surface area contributed by atoms with Crippen LogP contribution in [0.4, 0.5) is 0 Å². The Morgan fingerprint density at radius 1 is 1.35 bits per heavy atom. The number of carbonyl (C=O) groups excluding carboxylic acids is 1. The van der Waals surface area contributed by atoms with Crippen LogP contribution in [0.1, 0.15) is 25.7 Å². The molecule has 0 bridgehead atoms. The maximum atomic E-state index is 13.0. The van der Waals surface area contributed by atoms with Gasteiger partial charge in [0.25, 0.3) is 5.91 Å². The molecule has 1 aromatic rings. The number of hydrogen-bond acceptors (Lipinski definition) is 4. The van der Waals surface area contributed by atoms with Gasteiger partial charge in [-0.3, -0.25) is 4.79 Å². The molecule has 1 heterocycles. The van der Waals surface area contributed by atoms with Gasteiger partial charge in [-0.25, -0.2) is 8.42 Å². The highest BCUT2D eigenvalue weighted by atomic mass is 35.5. The van der Waals surface area contributed by atoms with Gasteiger partial charge in [0.2, 0.25) is 10.0 Å². The van der Waals surface area contributed by atoms with Crippen molar-refractivity contribution >= 4 is 27.5 Å². The van der Waals surface area contributed by atoms with Crippen LogP contribution in [-0.2, 0) is 14.8 Å². The third-order valence-corrected chi connectivity index (χ3v) is 6.66. The van der Waals surface area contributed by atoms with E-state index >= 15 is 0 Å². The number of halogens is 1. The predicted octanol–water partition coefficient (Wildman–Crippen LogP) is 1.77. The van der Waals surface area contributed by atoms with Gasteiger partial charge in [-0.15, -0.1) is 0 Å². The lowest BCUT2D eigenvalue weighted by Crippen LogP contribution is -2.59. The summed E-state index contributed by atoms with van der Waals surface area (Å²) < 4.78 is 32.7. The number of nitrogens with zero attached hydrogens (tertiary/aromatic N) is 1. The molecule has 1 amide bonds. The van der Waals surface area contributed by atoms with Crippen LogP contribution in [0.3, 0.4) is 0 Å². The zero-order chi connectivity index (χ0) is 16.6. The van der Waals surface area contributed by atoms with Crippen molar-refractivity contribution in [2.75, 3.05) is 13.2 Å². The number of sulfonamides is 1. The molecule has 126 valence electrons.